The maximum absolute atomic E-state index is 5.64. The number of rotatable bonds is 10. The lowest BCUT2D eigenvalue weighted by atomic mass is 10.1. The Morgan fingerprint density at radius 1 is 0.870 bits per heavy atom. The van der Waals surface area contributed by atoms with Crippen molar-refractivity contribution < 1.29 is 9.47 Å². The smallest absolute Gasteiger partial charge is 0.159 e. The zero-order valence-corrected chi connectivity index (χ0v) is 14.1. The van der Waals surface area contributed by atoms with Crippen LogP contribution >= 0.6 is 0 Å². The van der Waals surface area contributed by atoms with E-state index in [1.54, 1.807) is 0 Å². The Hall–Kier alpha value is -1.94. The molecule has 0 N–H and O–H groups in total. The van der Waals surface area contributed by atoms with Gasteiger partial charge >= 0.3 is 0 Å². The summed E-state index contributed by atoms with van der Waals surface area (Å²) >= 11 is 0. The molecular formula is C19H26N2O2. The van der Waals surface area contributed by atoms with Gasteiger partial charge in [-0.15, -0.1) is 0 Å². The topological polar surface area (TPSA) is 44.2 Å². The maximum Gasteiger partial charge on any atom is 0.159 e. The SMILES string of the molecule is CCCCc1cnc(-c2ccc(OCCOCCC)cc2)nc1. The third kappa shape index (κ3) is 5.99. The molecule has 0 amide bonds. The van der Waals surface area contributed by atoms with Gasteiger partial charge in [0.25, 0.3) is 0 Å². The van der Waals surface area contributed by atoms with Gasteiger partial charge in [0.2, 0.25) is 0 Å². The lowest BCUT2D eigenvalue weighted by Gasteiger charge is -2.07. The monoisotopic (exact) mass is 314 g/mol. The summed E-state index contributed by atoms with van der Waals surface area (Å²) in [5.41, 5.74) is 2.20. The third-order valence-electron chi connectivity index (χ3n) is 3.48. The molecule has 1 aromatic heterocycles. The maximum atomic E-state index is 5.64. The van der Waals surface area contributed by atoms with Crippen LogP contribution in [0.3, 0.4) is 0 Å². The predicted molar refractivity (Wildman–Crippen MR) is 92.7 cm³/mol. The van der Waals surface area contributed by atoms with E-state index in [0.717, 1.165) is 36.6 Å². The molecule has 0 unspecified atom stereocenters. The molecule has 2 aromatic rings. The molecule has 4 nitrogen and oxygen atoms in total. The van der Waals surface area contributed by atoms with E-state index in [1.807, 2.05) is 36.7 Å². The molecule has 0 fully saturated rings. The fourth-order valence-corrected chi connectivity index (χ4v) is 2.18. The highest BCUT2D eigenvalue weighted by Crippen LogP contribution is 2.19. The Kier molecular flexibility index (Phi) is 7.54. The van der Waals surface area contributed by atoms with Gasteiger partial charge in [-0.2, -0.15) is 0 Å². The zero-order valence-electron chi connectivity index (χ0n) is 14.1. The highest BCUT2D eigenvalue weighted by atomic mass is 16.5. The average molecular weight is 314 g/mol. The highest BCUT2D eigenvalue weighted by Gasteiger charge is 2.02. The van der Waals surface area contributed by atoms with Gasteiger partial charge in [0.1, 0.15) is 12.4 Å². The summed E-state index contributed by atoms with van der Waals surface area (Å²) < 4.78 is 11.0. The molecule has 0 aliphatic carbocycles. The van der Waals surface area contributed by atoms with Gasteiger partial charge in [0.05, 0.1) is 6.61 Å². The molecule has 1 aromatic carbocycles. The number of unbranched alkanes of at least 4 members (excludes halogenated alkanes) is 1. The van der Waals surface area contributed by atoms with Crippen LogP contribution in [0.5, 0.6) is 5.75 Å². The molecule has 2 rings (SSSR count). The molecule has 0 aliphatic heterocycles. The van der Waals surface area contributed by atoms with Gasteiger partial charge in [-0.05, 0) is 49.1 Å². The minimum atomic E-state index is 0.571. The fourth-order valence-electron chi connectivity index (χ4n) is 2.18. The number of benzene rings is 1. The number of ether oxygens (including phenoxy) is 2. The summed E-state index contributed by atoms with van der Waals surface area (Å²) in [4.78, 5) is 8.91. The molecule has 0 saturated carbocycles. The third-order valence-corrected chi connectivity index (χ3v) is 3.48. The molecule has 0 radical (unpaired) electrons. The summed E-state index contributed by atoms with van der Waals surface area (Å²) in [6, 6.07) is 7.87. The zero-order chi connectivity index (χ0) is 16.3. The Morgan fingerprint density at radius 3 is 2.26 bits per heavy atom. The molecule has 1 heterocycles. The Morgan fingerprint density at radius 2 is 1.61 bits per heavy atom. The summed E-state index contributed by atoms with van der Waals surface area (Å²) in [5, 5.41) is 0. The summed E-state index contributed by atoms with van der Waals surface area (Å²) in [5.74, 6) is 1.59. The van der Waals surface area contributed by atoms with E-state index < -0.39 is 0 Å². The normalized spacial score (nSPS) is 10.7. The average Bonchev–Trinajstić information content (AvgIpc) is 2.61. The van der Waals surface area contributed by atoms with E-state index in [-0.39, 0.29) is 0 Å². The van der Waals surface area contributed by atoms with E-state index in [4.69, 9.17) is 9.47 Å². The van der Waals surface area contributed by atoms with E-state index in [1.165, 1.54) is 18.4 Å². The lowest BCUT2D eigenvalue weighted by Crippen LogP contribution is -2.07. The van der Waals surface area contributed by atoms with Gasteiger partial charge in [-0.1, -0.05) is 20.3 Å². The van der Waals surface area contributed by atoms with Crippen LogP contribution in [0.4, 0.5) is 0 Å². The second kappa shape index (κ2) is 9.95. The predicted octanol–water partition coefficient (Wildman–Crippen LogP) is 4.29. The van der Waals surface area contributed by atoms with Crippen molar-refractivity contribution in [3.63, 3.8) is 0 Å². The van der Waals surface area contributed by atoms with E-state index >= 15 is 0 Å². The largest absolute Gasteiger partial charge is 0.491 e. The van der Waals surface area contributed by atoms with Crippen molar-refractivity contribution in [2.75, 3.05) is 19.8 Å². The summed E-state index contributed by atoms with van der Waals surface area (Å²) in [6.45, 7) is 6.26. The molecule has 4 heteroatoms. The molecule has 0 atom stereocenters. The molecule has 124 valence electrons. The van der Waals surface area contributed by atoms with Crippen molar-refractivity contribution in [2.24, 2.45) is 0 Å². The van der Waals surface area contributed by atoms with Crippen LogP contribution in [-0.4, -0.2) is 29.8 Å². The van der Waals surface area contributed by atoms with Crippen LogP contribution in [0.25, 0.3) is 11.4 Å². The second-order valence-electron chi connectivity index (χ2n) is 5.50. The molecule has 23 heavy (non-hydrogen) atoms. The van der Waals surface area contributed by atoms with Crippen LogP contribution in [0.15, 0.2) is 36.7 Å². The summed E-state index contributed by atoms with van der Waals surface area (Å²) in [7, 11) is 0. The van der Waals surface area contributed by atoms with Crippen LogP contribution in [-0.2, 0) is 11.2 Å². The van der Waals surface area contributed by atoms with Crippen molar-refractivity contribution in [1.29, 1.82) is 0 Å². The van der Waals surface area contributed by atoms with Gasteiger partial charge in [-0.25, -0.2) is 9.97 Å². The van der Waals surface area contributed by atoms with Gasteiger partial charge in [0.15, 0.2) is 5.82 Å². The number of hydrogen-bond donors (Lipinski definition) is 0. The van der Waals surface area contributed by atoms with Gasteiger partial charge < -0.3 is 9.47 Å². The number of aromatic nitrogens is 2. The first kappa shape index (κ1) is 17.4. The quantitative estimate of drug-likeness (QED) is 0.614. The first-order valence-electron chi connectivity index (χ1n) is 8.45. The molecule has 0 spiro atoms. The lowest BCUT2D eigenvalue weighted by molar-refractivity contribution is 0.101. The van der Waals surface area contributed by atoms with Crippen molar-refractivity contribution in [3.8, 4) is 17.1 Å². The van der Waals surface area contributed by atoms with Gasteiger partial charge in [-0.3, -0.25) is 0 Å². The minimum Gasteiger partial charge on any atom is -0.491 e. The van der Waals surface area contributed by atoms with Crippen LogP contribution in [0.1, 0.15) is 38.7 Å². The summed E-state index contributed by atoms with van der Waals surface area (Å²) in [6.07, 6.45) is 8.29. The highest BCUT2D eigenvalue weighted by molar-refractivity contribution is 5.55. The van der Waals surface area contributed by atoms with Crippen molar-refractivity contribution in [3.05, 3.63) is 42.2 Å². The molecule has 0 aliphatic rings. The first-order chi connectivity index (χ1) is 11.3. The van der Waals surface area contributed by atoms with Crippen molar-refractivity contribution >= 4 is 0 Å². The van der Waals surface area contributed by atoms with E-state index in [2.05, 4.69) is 23.8 Å². The van der Waals surface area contributed by atoms with Crippen LogP contribution in [0.2, 0.25) is 0 Å². The molecule has 0 saturated heterocycles. The Bertz CT molecular complexity index is 553. The Balaban J connectivity index is 1.86. The van der Waals surface area contributed by atoms with Crippen molar-refractivity contribution in [2.45, 2.75) is 39.5 Å². The fraction of sp³-hybridized carbons (Fsp3) is 0.474. The molecular weight excluding hydrogens is 288 g/mol. The number of aryl methyl sites for hydroxylation is 1. The van der Waals surface area contributed by atoms with E-state index in [0.29, 0.717) is 13.2 Å². The number of nitrogens with zero attached hydrogens (tertiary/aromatic N) is 2. The first-order valence-corrected chi connectivity index (χ1v) is 8.45. The van der Waals surface area contributed by atoms with Crippen LogP contribution in [0, 0.1) is 0 Å². The van der Waals surface area contributed by atoms with E-state index in [9.17, 15) is 0 Å². The Labute approximate surface area is 138 Å². The second-order valence-corrected chi connectivity index (χ2v) is 5.50. The van der Waals surface area contributed by atoms with Crippen LogP contribution < -0.4 is 4.74 Å². The molecule has 0 bridgehead atoms. The standard InChI is InChI=1S/C19H26N2O2/c1-3-5-6-16-14-20-19(21-15-16)17-7-9-18(10-8-17)23-13-12-22-11-4-2/h7-10,14-15H,3-6,11-13H2,1-2H3. The van der Waals surface area contributed by atoms with Gasteiger partial charge in [0, 0.05) is 24.6 Å². The van der Waals surface area contributed by atoms with Crippen molar-refractivity contribution in [1.82, 2.24) is 9.97 Å². The minimum absolute atomic E-state index is 0.571. The number of hydrogen-bond acceptors (Lipinski definition) is 4.